The zero-order chi connectivity index (χ0) is 16.8. The van der Waals surface area contributed by atoms with E-state index in [-0.39, 0.29) is 12.1 Å². The van der Waals surface area contributed by atoms with Gasteiger partial charge in [0.25, 0.3) is 0 Å². The molecule has 0 bridgehead atoms. The molecule has 1 atom stereocenters. The van der Waals surface area contributed by atoms with Gasteiger partial charge in [0.05, 0.1) is 24.5 Å². The molecule has 24 heavy (non-hydrogen) atoms. The second-order valence-electron chi connectivity index (χ2n) is 5.87. The van der Waals surface area contributed by atoms with Gasteiger partial charge in [-0.2, -0.15) is 5.10 Å². The van der Waals surface area contributed by atoms with Gasteiger partial charge in [-0.05, 0) is 37.0 Å². The van der Waals surface area contributed by atoms with E-state index in [0.717, 1.165) is 25.0 Å². The zero-order valence-corrected chi connectivity index (χ0v) is 14.1. The number of amides is 2. The lowest BCUT2D eigenvalue weighted by molar-refractivity contribution is 0.00401. The zero-order valence-electron chi connectivity index (χ0n) is 13.4. The Hall–Kier alpha value is -2.05. The van der Waals surface area contributed by atoms with Crippen LogP contribution in [0.5, 0.6) is 0 Å². The van der Waals surface area contributed by atoms with Gasteiger partial charge in [-0.25, -0.2) is 4.79 Å². The van der Waals surface area contributed by atoms with Crippen LogP contribution >= 0.6 is 11.6 Å². The summed E-state index contributed by atoms with van der Waals surface area (Å²) in [5, 5.41) is 10.5. The van der Waals surface area contributed by atoms with Crippen LogP contribution in [0.4, 0.5) is 10.5 Å². The summed E-state index contributed by atoms with van der Waals surface area (Å²) in [5.41, 5.74) is 1.65. The summed E-state index contributed by atoms with van der Waals surface area (Å²) < 4.78 is 7.51. The number of carbonyl (C=O) groups is 1. The highest BCUT2D eigenvalue weighted by Crippen LogP contribution is 2.15. The van der Waals surface area contributed by atoms with Crippen molar-refractivity contribution in [2.24, 2.45) is 0 Å². The molecule has 1 aromatic heterocycles. The third-order valence-corrected chi connectivity index (χ3v) is 4.17. The Morgan fingerprint density at radius 2 is 2.17 bits per heavy atom. The van der Waals surface area contributed by atoms with E-state index < -0.39 is 0 Å². The highest BCUT2D eigenvalue weighted by atomic mass is 35.5. The number of halogens is 1. The molecule has 1 aliphatic heterocycles. The molecule has 1 aliphatic rings. The van der Waals surface area contributed by atoms with E-state index in [1.165, 1.54) is 6.42 Å². The molecular formula is C17H21ClN4O2. The predicted molar refractivity (Wildman–Crippen MR) is 93.1 cm³/mol. The Morgan fingerprint density at radius 1 is 1.33 bits per heavy atom. The molecule has 1 saturated heterocycles. The number of ether oxygens (including phenoxy) is 1. The molecular weight excluding hydrogens is 328 g/mol. The second-order valence-corrected chi connectivity index (χ2v) is 6.31. The molecule has 1 aromatic carbocycles. The molecule has 3 rings (SSSR count). The fourth-order valence-electron chi connectivity index (χ4n) is 2.65. The van der Waals surface area contributed by atoms with Crippen LogP contribution in [-0.4, -0.2) is 28.5 Å². The lowest BCUT2D eigenvalue weighted by atomic mass is 10.1. The maximum absolute atomic E-state index is 11.9. The molecule has 7 heteroatoms. The molecule has 0 spiro atoms. The Balaban J connectivity index is 1.45. The van der Waals surface area contributed by atoms with E-state index in [2.05, 4.69) is 15.7 Å². The molecule has 1 unspecified atom stereocenters. The van der Waals surface area contributed by atoms with Gasteiger partial charge < -0.3 is 15.4 Å². The maximum atomic E-state index is 11.9. The predicted octanol–water partition coefficient (Wildman–Crippen LogP) is 3.43. The summed E-state index contributed by atoms with van der Waals surface area (Å²) in [6, 6.07) is 7.09. The van der Waals surface area contributed by atoms with Crippen molar-refractivity contribution in [3.8, 4) is 0 Å². The fourth-order valence-corrected chi connectivity index (χ4v) is 2.77. The average Bonchev–Trinajstić information content (AvgIpc) is 3.02. The van der Waals surface area contributed by atoms with Crippen molar-refractivity contribution >= 4 is 23.3 Å². The van der Waals surface area contributed by atoms with Crippen LogP contribution in [0.2, 0.25) is 5.02 Å². The second kappa shape index (κ2) is 8.17. The molecule has 0 aliphatic carbocycles. The number of carbonyl (C=O) groups excluding carboxylic acids is 1. The van der Waals surface area contributed by atoms with Crippen LogP contribution in [0.1, 0.15) is 24.8 Å². The average molecular weight is 349 g/mol. The number of benzene rings is 1. The molecule has 2 amide bonds. The summed E-state index contributed by atoms with van der Waals surface area (Å²) in [6.45, 7) is 1.98. The van der Waals surface area contributed by atoms with Gasteiger partial charge in [0.2, 0.25) is 0 Å². The first-order valence-electron chi connectivity index (χ1n) is 8.12. The summed E-state index contributed by atoms with van der Waals surface area (Å²) in [6.07, 6.45) is 7.07. The van der Waals surface area contributed by atoms with E-state index in [4.69, 9.17) is 16.3 Å². The van der Waals surface area contributed by atoms with E-state index in [0.29, 0.717) is 23.8 Å². The number of anilines is 1. The molecule has 6 nitrogen and oxygen atoms in total. The Bertz CT molecular complexity index is 665. The van der Waals surface area contributed by atoms with Crippen LogP contribution in [0.15, 0.2) is 36.7 Å². The standard InChI is InChI=1S/C17H21ClN4O2/c18-14-6-4-13(5-7-14)9-19-17(23)21-15-10-20-22(11-15)12-16-3-1-2-8-24-16/h4-7,10-11,16H,1-3,8-9,12H2,(H2,19,21,23). The fraction of sp³-hybridized carbons (Fsp3) is 0.412. The number of nitrogens with one attached hydrogen (secondary N) is 2. The van der Waals surface area contributed by atoms with Crippen molar-refractivity contribution < 1.29 is 9.53 Å². The van der Waals surface area contributed by atoms with Crippen LogP contribution in [-0.2, 0) is 17.8 Å². The lowest BCUT2D eigenvalue weighted by Crippen LogP contribution is -2.28. The first-order chi connectivity index (χ1) is 11.7. The van der Waals surface area contributed by atoms with E-state index >= 15 is 0 Å². The highest BCUT2D eigenvalue weighted by Gasteiger charge is 2.15. The normalized spacial score (nSPS) is 17.5. The number of urea groups is 1. The smallest absolute Gasteiger partial charge is 0.319 e. The third-order valence-electron chi connectivity index (χ3n) is 3.92. The van der Waals surface area contributed by atoms with E-state index in [1.807, 2.05) is 23.0 Å². The number of nitrogens with zero attached hydrogens (tertiary/aromatic N) is 2. The molecule has 2 aromatic rings. The van der Waals surface area contributed by atoms with Crippen molar-refractivity contribution in [2.75, 3.05) is 11.9 Å². The first kappa shape index (κ1) is 16.8. The van der Waals surface area contributed by atoms with Crippen molar-refractivity contribution in [1.29, 1.82) is 0 Å². The largest absolute Gasteiger partial charge is 0.376 e. The number of hydrogen-bond acceptors (Lipinski definition) is 3. The molecule has 2 N–H and O–H groups in total. The number of aromatic nitrogens is 2. The molecule has 0 saturated carbocycles. The van der Waals surface area contributed by atoms with Gasteiger partial charge >= 0.3 is 6.03 Å². The minimum atomic E-state index is -0.265. The minimum absolute atomic E-state index is 0.213. The van der Waals surface area contributed by atoms with E-state index in [9.17, 15) is 4.79 Å². The Morgan fingerprint density at radius 3 is 2.92 bits per heavy atom. The molecule has 2 heterocycles. The topological polar surface area (TPSA) is 68.2 Å². The van der Waals surface area contributed by atoms with Crippen molar-refractivity contribution in [3.05, 3.63) is 47.2 Å². The van der Waals surface area contributed by atoms with Crippen LogP contribution in [0.25, 0.3) is 0 Å². The summed E-state index contributed by atoms with van der Waals surface area (Å²) >= 11 is 5.84. The molecule has 0 radical (unpaired) electrons. The van der Waals surface area contributed by atoms with Gasteiger partial charge in [-0.3, -0.25) is 4.68 Å². The van der Waals surface area contributed by atoms with Gasteiger partial charge in [0.1, 0.15) is 0 Å². The Kier molecular flexibility index (Phi) is 5.72. The summed E-state index contributed by atoms with van der Waals surface area (Å²) in [7, 11) is 0. The highest BCUT2D eigenvalue weighted by molar-refractivity contribution is 6.30. The van der Waals surface area contributed by atoms with Gasteiger partial charge in [-0.1, -0.05) is 23.7 Å². The quantitative estimate of drug-likeness (QED) is 0.869. The van der Waals surface area contributed by atoms with Crippen molar-refractivity contribution in [1.82, 2.24) is 15.1 Å². The van der Waals surface area contributed by atoms with Crippen LogP contribution in [0.3, 0.4) is 0 Å². The molecule has 128 valence electrons. The SMILES string of the molecule is O=C(NCc1ccc(Cl)cc1)Nc1cnn(CC2CCCCO2)c1. The number of rotatable bonds is 5. The van der Waals surface area contributed by atoms with Gasteiger partial charge in [-0.15, -0.1) is 0 Å². The minimum Gasteiger partial charge on any atom is -0.376 e. The molecule has 1 fully saturated rings. The first-order valence-corrected chi connectivity index (χ1v) is 8.50. The van der Waals surface area contributed by atoms with Gasteiger partial charge in [0.15, 0.2) is 0 Å². The van der Waals surface area contributed by atoms with Crippen molar-refractivity contribution in [2.45, 2.75) is 38.5 Å². The monoisotopic (exact) mass is 348 g/mol. The maximum Gasteiger partial charge on any atom is 0.319 e. The summed E-state index contributed by atoms with van der Waals surface area (Å²) in [4.78, 5) is 11.9. The number of hydrogen-bond donors (Lipinski definition) is 2. The van der Waals surface area contributed by atoms with Crippen molar-refractivity contribution in [3.63, 3.8) is 0 Å². The summed E-state index contributed by atoms with van der Waals surface area (Å²) in [5.74, 6) is 0. The van der Waals surface area contributed by atoms with Crippen LogP contribution in [0, 0.1) is 0 Å². The lowest BCUT2D eigenvalue weighted by Gasteiger charge is -2.22. The van der Waals surface area contributed by atoms with E-state index in [1.54, 1.807) is 18.3 Å². The Labute approximate surface area is 146 Å². The van der Waals surface area contributed by atoms with Gasteiger partial charge in [0, 0.05) is 24.4 Å². The third kappa shape index (κ3) is 4.97. The van der Waals surface area contributed by atoms with Crippen LogP contribution < -0.4 is 10.6 Å².